The van der Waals surface area contributed by atoms with Gasteiger partial charge in [0.2, 0.25) is 0 Å². The van der Waals surface area contributed by atoms with Crippen molar-refractivity contribution in [3.8, 4) is 11.1 Å². The Kier molecular flexibility index (Phi) is 6.02. The number of carbonyl (C=O) groups excluding carboxylic acids is 1. The van der Waals surface area contributed by atoms with Gasteiger partial charge in [-0.05, 0) is 41.0 Å². The fourth-order valence-corrected chi connectivity index (χ4v) is 3.27. The van der Waals surface area contributed by atoms with Gasteiger partial charge in [0, 0.05) is 31.5 Å². The molecule has 0 unspecified atom stereocenters. The van der Waals surface area contributed by atoms with Crippen LogP contribution in [0, 0.1) is 0 Å². The molecule has 1 aliphatic heterocycles. The molecule has 0 aliphatic carbocycles. The predicted octanol–water partition coefficient (Wildman–Crippen LogP) is 3.91. The lowest BCUT2D eigenvalue weighted by Crippen LogP contribution is -2.36. The van der Waals surface area contributed by atoms with Crippen LogP contribution >= 0.6 is 0 Å². The first-order valence-electron chi connectivity index (χ1n) is 9.76. The van der Waals surface area contributed by atoms with Gasteiger partial charge in [-0.15, -0.1) is 0 Å². The van der Waals surface area contributed by atoms with Crippen molar-refractivity contribution in [3.05, 3.63) is 78.5 Å². The van der Waals surface area contributed by atoms with E-state index in [9.17, 15) is 4.79 Å². The number of carbonyl (C=O) groups is 1. The minimum absolute atomic E-state index is 0.234. The molecule has 148 valence electrons. The monoisotopic (exact) mass is 388 g/mol. The van der Waals surface area contributed by atoms with E-state index in [4.69, 9.17) is 4.74 Å². The lowest BCUT2D eigenvalue weighted by molar-refractivity contribution is 0.122. The normalized spacial score (nSPS) is 13.7. The fourth-order valence-electron chi connectivity index (χ4n) is 3.27. The van der Waals surface area contributed by atoms with Gasteiger partial charge >= 0.3 is 6.03 Å². The maximum atomic E-state index is 12.3. The van der Waals surface area contributed by atoms with Crippen molar-refractivity contribution < 1.29 is 9.53 Å². The average Bonchev–Trinajstić information content (AvgIpc) is 2.80. The molecule has 0 radical (unpaired) electrons. The van der Waals surface area contributed by atoms with Crippen LogP contribution in [0.15, 0.2) is 72.9 Å². The molecule has 2 N–H and O–H groups in total. The molecule has 2 aromatic carbocycles. The SMILES string of the molecule is O=C(NCc1ccnc(N2CCOCC2)c1)Nc1ccc(-c2ccccc2)cc1. The number of anilines is 2. The van der Waals surface area contributed by atoms with Crippen molar-refractivity contribution in [2.24, 2.45) is 0 Å². The highest BCUT2D eigenvalue weighted by Crippen LogP contribution is 2.21. The minimum atomic E-state index is -0.234. The number of morpholine rings is 1. The maximum Gasteiger partial charge on any atom is 0.319 e. The number of aromatic nitrogens is 1. The van der Waals surface area contributed by atoms with Crippen molar-refractivity contribution in [2.45, 2.75) is 6.54 Å². The number of pyridine rings is 1. The highest BCUT2D eigenvalue weighted by molar-refractivity contribution is 5.89. The summed E-state index contributed by atoms with van der Waals surface area (Å²) in [4.78, 5) is 18.9. The van der Waals surface area contributed by atoms with E-state index < -0.39 is 0 Å². The summed E-state index contributed by atoms with van der Waals surface area (Å²) in [6.45, 7) is 3.55. The van der Waals surface area contributed by atoms with Gasteiger partial charge < -0.3 is 20.3 Å². The zero-order valence-corrected chi connectivity index (χ0v) is 16.2. The lowest BCUT2D eigenvalue weighted by Gasteiger charge is -2.28. The summed E-state index contributed by atoms with van der Waals surface area (Å²) in [6.07, 6.45) is 1.78. The van der Waals surface area contributed by atoms with Gasteiger partial charge in [0.25, 0.3) is 0 Å². The summed E-state index contributed by atoms with van der Waals surface area (Å²) >= 11 is 0. The second kappa shape index (κ2) is 9.21. The van der Waals surface area contributed by atoms with Crippen molar-refractivity contribution in [3.63, 3.8) is 0 Å². The molecular formula is C23H24N4O2. The smallest absolute Gasteiger partial charge is 0.319 e. The Bertz CT molecular complexity index is 939. The van der Waals surface area contributed by atoms with Gasteiger partial charge in [-0.3, -0.25) is 0 Å². The van der Waals surface area contributed by atoms with Crippen molar-refractivity contribution in [2.75, 3.05) is 36.5 Å². The number of rotatable bonds is 5. The summed E-state index contributed by atoms with van der Waals surface area (Å²) in [5.74, 6) is 0.921. The van der Waals surface area contributed by atoms with Crippen LogP contribution in [0.1, 0.15) is 5.56 Å². The molecule has 2 amide bonds. The third kappa shape index (κ3) is 5.12. The summed E-state index contributed by atoms with van der Waals surface area (Å²) in [5, 5.41) is 5.78. The Hall–Kier alpha value is -3.38. The van der Waals surface area contributed by atoms with Gasteiger partial charge in [0.1, 0.15) is 5.82 Å². The third-order valence-electron chi connectivity index (χ3n) is 4.85. The van der Waals surface area contributed by atoms with Crippen molar-refractivity contribution in [1.82, 2.24) is 10.3 Å². The highest BCUT2D eigenvalue weighted by Gasteiger charge is 2.12. The zero-order valence-electron chi connectivity index (χ0n) is 16.2. The largest absolute Gasteiger partial charge is 0.378 e. The number of urea groups is 1. The molecule has 6 heteroatoms. The first-order valence-corrected chi connectivity index (χ1v) is 9.76. The van der Waals surface area contributed by atoms with E-state index in [1.807, 2.05) is 54.6 Å². The molecule has 0 atom stereocenters. The zero-order chi connectivity index (χ0) is 19.9. The van der Waals surface area contributed by atoms with Gasteiger partial charge in [-0.1, -0.05) is 42.5 Å². The van der Waals surface area contributed by atoms with Crippen LogP contribution in [0.3, 0.4) is 0 Å². The van der Waals surface area contributed by atoms with Gasteiger partial charge in [0.15, 0.2) is 0 Å². The number of hydrogen-bond acceptors (Lipinski definition) is 4. The highest BCUT2D eigenvalue weighted by atomic mass is 16.5. The molecular weight excluding hydrogens is 364 g/mol. The van der Waals surface area contributed by atoms with E-state index in [-0.39, 0.29) is 6.03 Å². The molecule has 1 saturated heterocycles. The number of nitrogens with one attached hydrogen (secondary N) is 2. The Labute approximate surface area is 170 Å². The first-order chi connectivity index (χ1) is 14.3. The van der Waals surface area contributed by atoms with Crippen LogP contribution in [0.5, 0.6) is 0 Å². The number of nitrogens with zero attached hydrogens (tertiary/aromatic N) is 2. The van der Waals surface area contributed by atoms with Crippen molar-refractivity contribution >= 4 is 17.5 Å². The molecule has 6 nitrogen and oxygen atoms in total. The van der Waals surface area contributed by atoms with E-state index in [0.717, 1.165) is 54.5 Å². The molecule has 29 heavy (non-hydrogen) atoms. The van der Waals surface area contributed by atoms with Gasteiger partial charge in [-0.25, -0.2) is 9.78 Å². The first kappa shape index (κ1) is 19.0. The van der Waals surface area contributed by atoms with Crippen LogP contribution in [-0.4, -0.2) is 37.3 Å². The number of ether oxygens (including phenoxy) is 1. The van der Waals surface area contributed by atoms with E-state index in [0.29, 0.717) is 6.54 Å². The molecule has 4 rings (SSSR count). The van der Waals surface area contributed by atoms with Crippen LogP contribution in [0.2, 0.25) is 0 Å². The molecule has 0 saturated carbocycles. The Morgan fingerprint density at radius 3 is 2.45 bits per heavy atom. The van der Waals surface area contributed by atoms with Crippen molar-refractivity contribution in [1.29, 1.82) is 0 Å². The Morgan fingerprint density at radius 1 is 0.966 bits per heavy atom. The van der Waals surface area contributed by atoms with E-state index in [2.05, 4.69) is 32.7 Å². The van der Waals surface area contributed by atoms with Gasteiger partial charge in [0.05, 0.1) is 13.2 Å². The van der Waals surface area contributed by atoms with Crippen LogP contribution in [0.25, 0.3) is 11.1 Å². The Balaban J connectivity index is 1.31. The van der Waals surface area contributed by atoms with Crippen LogP contribution in [0.4, 0.5) is 16.3 Å². The quantitative estimate of drug-likeness (QED) is 0.696. The fraction of sp³-hybridized carbons (Fsp3) is 0.217. The molecule has 1 aliphatic rings. The van der Waals surface area contributed by atoms with Gasteiger partial charge in [-0.2, -0.15) is 0 Å². The van der Waals surface area contributed by atoms with E-state index >= 15 is 0 Å². The molecule has 1 fully saturated rings. The topological polar surface area (TPSA) is 66.5 Å². The number of benzene rings is 2. The minimum Gasteiger partial charge on any atom is -0.378 e. The van der Waals surface area contributed by atoms with E-state index in [1.165, 1.54) is 0 Å². The van der Waals surface area contributed by atoms with Crippen LogP contribution in [-0.2, 0) is 11.3 Å². The molecule has 1 aromatic heterocycles. The second-order valence-corrected chi connectivity index (χ2v) is 6.87. The standard InChI is InChI=1S/C23H24N4O2/c28-23(26-21-8-6-20(7-9-21)19-4-2-1-3-5-19)25-17-18-10-11-24-22(16-18)27-12-14-29-15-13-27/h1-11,16H,12-15,17H2,(H2,25,26,28). The summed E-state index contributed by atoms with van der Waals surface area (Å²) in [7, 11) is 0. The predicted molar refractivity (Wildman–Crippen MR) is 115 cm³/mol. The Morgan fingerprint density at radius 2 is 1.69 bits per heavy atom. The average molecular weight is 388 g/mol. The molecule has 3 aromatic rings. The summed E-state index contributed by atoms with van der Waals surface area (Å²) < 4.78 is 5.38. The van der Waals surface area contributed by atoms with Crippen LogP contribution < -0.4 is 15.5 Å². The number of amides is 2. The molecule has 2 heterocycles. The third-order valence-corrected chi connectivity index (χ3v) is 4.85. The second-order valence-electron chi connectivity index (χ2n) is 6.87. The van der Waals surface area contributed by atoms with E-state index in [1.54, 1.807) is 6.20 Å². The summed E-state index contributed by atoms with van der Waals surface area (Å²) in [5.41, 5.74) is 4.03. The maximum absolute atomic E-state index is 12.3. The molecule has 0 bridgehead atoms. The molecule has 0 spiro atoms. The summed E-state index contributed by atoms with van der Waals surface area (Å²) in [6, 6.07) is 21.7. The lowest BCUT2D eigenvalue weighted by atomic mass is 10.1. The number of hydrogen-bond donors (Lipinski definition) is 2.